The molecule has 1 atom stereocenters. The maximum atomic E-state index is 12.6. The highest BCUT2D eigenvalue weighted by molar-refractivity contribution is 5.97. The maximum absolute atomic E-state index is 12.6. The fourth-order valence-electron chi connectivity index (χ4n) is 3.22. The summed E-state index contributed by atoms with van der Waals surface area (Å²) in [5.74, 6) is -0.517. The average Bonchev–Trinajstić information content (AvgIpc) is 2.96. The number of piperidine rings is 1. The Morgan fingerprint density at radius 1 is 1.25 bits per heavy atom. The number of hydrogen-bond donors (Lipinski definition) is 1. The van der Waals surface area contributed by atoms with Crippen molar-refractivity contribution in [2.24, 2.45) is 5.92 Å². The molecular weight excluding hydrogens is 304 g/mol. The van der Waals surface area contributed by atoms with Crippen molar-refractivity contribution in [2.75, 3.05) is 19.6 Å². The van der Waals surface area contributed by atoms with Crippen LogP contribution in [0.15, 0.2) is 34.9 Å². The first-order valence-corrected chi connectivity index (χ1v) is 8.63. The lowest BCUT2D eigenvalue weighted by Crippen LogP contribution is -2.35. The van der Waals surface area contributed by atoms with Crippen LogP contribution < -0.4 is 0 Å². The molecule has 0 radical (unpaired) electrons. The largest absolute Gasteiger partial charge is 0.503 e. The van der Waals surface area contributed by atoms with Crippen molar-refractivity contribution >= 4 is 5.78 Å². The Labute approximate surface area is 142 Å². The molecule has 1 unspecified atom stereocenters. The normalized spacial score (nSPS) is 16.9. The fourth-order valence-corrected chi connectivity index (χ4v) is 3.22. The van der Waals surface area contributed by atoms with Crippen molar-refractivity contribution in [2.45, 2.75) is 32.6 Å². The molecule has 2 aromatic rings. The lowest BCUT2D eigenvalue weighted by Gasteiger charge is -2.28. The van der Waals surface area contributed by atoms with E-state index in [0.717, 1.165) is 18.7 Å². The first kappa shape index (κ1) is 16.7. The van der Waals surface area contributed by atoms with Gasteiger partial charge in [0.05, 0.1) is 0 Å². The van der Waals surface area contributed by atoms with E-state index in [1.807, 2.05) is 37.3 Å². The highest BCUT2D eigenvalue weighted by Gasteiger charge is 2.27. The van der Waals surface area contributed by atoms with Crippen LogP contribution in [0.2, 0.25) is 0 Å². The Kier molecular flexibility index (Phi) is 5.30. The van der Waals surface area contributed by atoms with Gasteiger partial charge >= 0.3 is 0 Å². The molecule has 1 aromatic carbocycles. The van der Waals surface area contributed by atoms with E-state index in [2.05, 4.69) is 10.1 Å². The number of aromatic hydroxyl groups is 1. The molecule has 1 saturated heterocycles. The summed E-state index contributed by atoms with van der Waals surface area (Å²) in [5.41, 5.74) is 1.43. The number of rotatable bonds is 6. The molecule has 5 nitrogen and oxygen atoms in total. The monoisotopic (exact) mass is 328 g/mol. The minimum Gasteiger partial charge on any atom is -0.503 e. The predicted molar refractivity (Wildman–Crippen MR) is 91.2 cm³/mol. The van der Waals surface area contributed by atoms with Crippen LogP contribution in [-0.2, 0) is 6.42 Å². The molecule has 1 N–H and O–H groups in total. The van der Waals surface area contributed by atoms with Crippen LogP contribution >= 0.6 is 0 Å². The lowest BCUT2D eigenvalue weighted by molar-refractivity contribution is 0.0842. The van der Waals surface area contributed by atoms with Gasteiger partial charge in [-0.25, -0.2) is 0 Å². The van der Waals surface area contributed by atoms with Crippen LogP contribution in [-0.4, -0.2) is 40.6 Å². The Bertz CT molecular complexity index is 675. The van der Waals surface area contributed by atoms with Gasteiger partial charge in [-0.3, -0.25) is 4.79 Å². The van der Waals surface area contributed by atoms with Gasteiger partial charge in [0, 0.05) is 18.9 Å². The number of benzene rings is 1. The van der Waals surface area contributed by atoms with E-state index in [0.29, 0.717) is 18.7 Å². The SMILES string of the molecule is CC(CN1CCCCC1)C(=O)c1onc(Cc2ccccc2)c1O. The number of carbonyl (C=O) groups excluding carboxylic acids is 1. The summed E-state index contributed by atoms with van der Waals surface area (Å²) < 4.78 is 5.17. The standard InChI is InChI=1S/C19H24N2O3/c1-14(13-21-10-6-3-7-11-21)17(22)19-18(23)16(20-24-19)12-15-8-4-2-5-9-15/h2,4-5,8-9,14,23H,3,6-7,10-13H2,1H3. The van der Waals surface area contributed by atoms with Crippen molar-refractivity contribution in [1.82, 2.24) is 10.1 Å². The molecular formula is C19H24N2O3. The predicted octanol–water partition coefficient (Wildman–Crippen LogP) is 3.28. The zero-order chi connectivity index (χ0) is 16.9. The van der Waals surface area contributed by atoms with E-state index in [-0.39, 0.29) is 23.2 Å². The molecule has 0 saturated carbocycles. The van der Waals surface area contributed by atoms with Gasteiger partial charge in [0.1, 0.15) is 5.69 Å². The summed E-state index contributed by atoms with van der Waals surface area (Å²) in [4.78, 5) is 14.9. The third-order valence-corrected chi connectivity index (χ3v) is 4.60. The molecule has 0 spiro atoms. The molecule has 0 amide bonds. The average molecular weight is 328 g/mol. The molecule has 1 fully saturated rings. The number of likely N-dealkylation sites (tertiary alicyclic amines) is 1. The summed E-state index contributed by atoms with van der Waals surface area (Å²) in [6, 6.07) is 9.70. The number of nitrogens with zero attached hydrogens (tertiary/aromatic N) is 2. The Morgan fingerprint density at radius 3 is 2.67 bits per heavy atom. The summed E-state index contributed by atoms with van der Waals surface area (Å²) in [6.07, 6.45) is 4.10. The van der Waals surface area contributed by atoms with Gasteiger partial charge in [0.15, 0.2) is 5.75 Å². The number of aromatic nitrogens is 1. The third-order valence-electron chi connectivity index (χ3n) is 4.60. The number of ketones is 1. The summed E-state index contributed by atoms with van der Waals surface area (Å²) in [7, 11) is 0. The van der Waals surface area contributed by atoms with Crippen molar-refractivity contribution < 1.29 is 14.4 Å². The molecule has 1 aliphatic heterocycles. The summed E-state index contributed by atoms with van der Waals surface area (Å²) in [6.45, 7) is 4.67. The van der Waals surface area contributed by atoms with Crippen molar-refractivity contribution in [3.8, 4) is 5.75 Å². The topological polar surface area (TPSA) is 66.6 Å². The molecule has 2 heterocycles. The highest BCUT2D eigenvalue weighted by atomic mass is 16.5. The zero-order valence-corrected chi connectivity index (χ0v) is 14.1. The van der Waals surface area contributed by atoms with Gasteiger partial charge in [-0.1, -0.05) is 48.8 Å². The molecule has 24 heavy (non-hydrogen) atoms. The smallest absolute Gasteiger partial charge is 0.244 e. The minimum atomic E-state index is -0.216. The number of hydrogen-bond acceptors (Lipinski definition) is 5. The Morgan fingerprint density at radius 2 is 1.96 bits per heavy atom. The third kappa shape index (κ3) is 3.85. The van der Waals surface area contributed by atoms with Gasteiger partial charge in [-0.15, -0.1) is 0 Å². The summed E-state index contributed by atoms with van der Waals surface area (Å²) in [5, 5.41) is 14.2. The molecule has 1 aliphatic rings. The first-order chi connectivity index (χ1) is 11.6. The van der Waals surface area contributed by atoms with Gasteiger partial charge in [-0.2, -0.15) is 0 Å². The Hall–Kier alpha value is -2.14. The second kappa shape index (κ2) is 7.62. The van der Waals surface area contributed by atoms with E-state index in [4.69, 9.17) is 4.52 Å². The van der Waals surface area contributed by atoms with Crippen LogP contribution in [0.3, 0.4) is 0 Å². The second-order valence-electron chi connectivity index (χ2n) is 6.60. The van der Waals surface area contributed by atoms with E-state index in [1.165, 1.54) is 19.3 Å². The molecule has 0 bridgehead atoms. The molecule has 1 aromatic heterocycles. The van der Waals surface area contributed by atoms with Crippen LogP contribution in [0, 0.1) is 5.92 Å². The fraction of sp³-hybridized carbons (Fsp3) is 0.474. The zero-order valence-electron chi connectivity index (χ0n) is 14.1. The number of Topliss-reactive ketones (excluding diaryl/α,β-unsaturated/α-hetero) is 1. The van der Waals surface area contributed by atoms with Crippen LogP contribution in [0.1, 0.15) is 48.0 Å². The van der Waals surface area contributed by atoms with Gasteiger partial charge in [-0.05, 0) is 31.5 Å². The van der Waals surface area contributed by atoms with Crippen molar-refractivity contribution in [3.05, 3.63) is 47.3 Å². The van der Waals surface area contributed by atoms with Gasteiger partial charge < -0.3 is 14.5 Å². The van der Waals surface area contributed by atoms with E-state index >= 15 is 0 Å². The molecule has 128 valence electrons. The van der Waals surface area contributed by atoms with Crippen LogP contribution in [0.4, 0.5) is 0 Å². The number of carbonyl (C=O) groups is 1. The molecule has 3 rings (SSSR count). The highest BCUT2D eigenvalue weighted by Crippen LogP contribution is 2.27. The minimum absolute atomic E-state index is 0.00885. The van der Waals surface area contributed by atoms with E-state index in [1.54, 1.807) is 0 Å². The molecule has 5 heteroatoms. The van der Waals surface area contributed by atoms with Gasteiger partial charge in [0.2, 0.25) is 11.5 Å². The first-order valence-electron chi connectivity index (χ1n) is 8.63. The van der Waals surface area contributed by atoms with Gasteiger partial charge in [0.25, 0.3) is 0 Å². The quantitative estimate of drug-likeness (QED) is 0.824. The van der Waals surface area contributed by atoms with Crippen LogP contribution in [0.25, 0.3) is 0 Å². The van der Waals surface area contributed by atoms with E-state index < -0.39 is 0 Å². The Balaban J connectivity index is 1.66. The lowest BCUT2D eigenvalue weighted by atomic mass is 10.0. The van der Waals surface area contributed by atoms with E-state index in [9.17, 15) is 9.90 Å². The second-order valence-corrected chi connectivity index (χ2v) is 6.60. The summed E-state index contributed by atoms with van der Waals surface area (Å²) >= 11 is 0. The maximum Gasteiger partial charge on any atom is 0.244 e. The van der Waals surface area contributed by atoms with Crippen molar-refractivity contribution in [1.29, 1.82) is 0 Å². The van der Waals surface area contributed by atoms with Crippen molar-refractivity contribution in [3.63, 3.8) is 0 Å². The molecule has 0 aliphatic carbocycles. The van der Waals surface area contributed by atoms with Crippen LogP contribution in [0.5, 0.6) is 5.75 Å².